The third kappa shape index (κ3) is 4.30. The fourth-order valence-corrected chi connectivity index (χ4v) is 3.38. The van der Waals surface area contributed by atoms with Gasteiger partial charge in [-0.3, -0.25) is 9.59 Å². The van der Waals surface area contributed by atoms with Crippen LogP contribution in [-0.2, 0) is 4.79 Å². The molecule has 7 nitrogen and oxygen atoms in total. The number of amides is 1. The number of thioether (sulfide) groups is 1. The first kappa shape index (κ1) is 19.2. The van der Waals surface area contributed by atoms with E-state index in [4.69, 9.17) is 11.6 Å². The molecule has 0 radical (unpaired) electrons. The number of hydrogen-bond donors (Lipinski definition) is 2. The number of hydrogen-bond acceptors (Lipinski definition) is 5. The lowest BCUT2D eigenvalue weighted by Crippen LogP contribution is -2.15. The van der Waals surface area contributed by atoms with E-state index in [1.165, 1.54) is 35.1 Å². The normalized spacial score (nSPS) is 11.0. The summed E-state index contributed by atoms with van der Waals surface area (Å²) in [6.07, 6.45) is 1.44. The van der Waals surface area contributed by atoms with Gasteiger partial charge in [0.1, 0.15) is 11.2 Å². The van der Waals surface area contributed by atoms with E-state index in [-0.39, 0.29) is 28.2 Å². The number of nitrogens with one attached hydrogen (secondary N) is 2. The number of anilines is 1. The van der Waals surface area contributed by atoms with Crippen LogP contribution in [0.25, 0.3) is 16.7 Å². The van der Waals surface area contributed by atoms with Crippen molar-refractivity contribution in [2.75, 3.05) is 11.1 Å². The Labute approximate surface area is 172 Å². The van der Waals surface area contributed by atoms with Crippen LogP contribution in [0.1, 0.15) is 0 Å². The van der Waals surface area contributed by atoms with Crippen molar-refractivity contribution in [3.8, 4) is 5.69 Å². The molecule has 1 amide bonds. The van der Waals surface area contributed by atoms with Crippen molar-refractivity contribution in [1.29, 1.82) is 0 Å². The molecular formula is C19H13ClFN5O2S. The molecule has 10 heteroatoms. The molecule has 0 fully saturated rings. The molecule has 29 heavy (non-hydrogen) atoms. The Morgan fingerprint density at radius 3 is 2.62 bits per heavy atom. The zero-order valence-electron chi connectivity index (χ0n) is 14.7. The molecule has 4 aromatic rings. The average Bonchev–Trinajstić information content (AvgIpc) is 3.13. The number of aromatic amines is 1. The number of carbonyl (C=O) groups is 1. The first-order valence-electron chi connectivity index (χ1n) is 8.42. The van der Waals surface area contributed by atoms with E-state index in [2.05, 4.69) is 20.4 Å². The van der Waals surface area contributed by atoms with Gasteiger partial charge in [0.05, 0.1) is 17.6 Å². The first-order valence-corrected chi connectivity index (χ1v) is 9.78. The van der Waals surface area contributed by atoms with E-state index in [0.717, 1.165) is 11.8 Å². The zero-order chi connectivity index (χ0) is 20.4. The first-order chi connectivity index (χ1) is 14.0. The fraction of sp³-hybridized carbons (Fsp3) is 0.0526. The summed E-state index contributed by atoms with van der Waals surface area (Å²) in [5.41, 5.74) is 1.20. The Kier molecular flexibility index (Phi) is 5.32. The van der Waals surface area contributed by atoms with Crippen molar-refractivity contribution in [3.05, 3.63) is 75.9 Å². The molecule has 0 saturated heterocycles. The van der Waals surface area contributed by atoms with Crippen molar-refractivity contribution in [3.63, 3.8) is 0 Å². The molecule has 0 saturated carbocycles. The van der Waals surface area contributed by atoms with Gasteiger partial charge in [-0.15, -0.1) is 0 Å². The smallest absolute Gasteiger partial charge is 0.262 e. The minimum absolute atomic E-state index is 0.0148. The van der Waals surface area contributed by atoms with Crippen LogP contribution in [-0.4, -0.2) is 31.4 Å². The third-order valence-electron chi connectivity index (χ3n) is 3.96. The summed E-state index contributed by atoms with van der Waals surface area (Å²) in [5.74, 6) is -0.679. The van der Waals surface area contributed by atoms with Gasteiger partial charge in [0.25, 0.3) is 5.56 Å². The van der Waals surface area contributed by atoms with Crippen molar-refractivity contribution < 1.29 is 9.18 Å². The Bertz CT molecular complexity index is 1240. The van der Waals surface area contributed by atoms with Gasteiger partial charge in [-0.25, -0.2) is 14.1 Å². The van der Waals surface area contributed by atoms with E-state index in [1.54, 1.807) is 24.3 Å². The predicted molar refractivity (Wildman–Crippen MR) is 110 cm³/mol. The number of halogens is 2. The Morgan fingerprint density at radius 2 is 1.90 bits per heavy atom. The Morgan fingerprint density at radius 1 is 1.17 bits per heavy atom. The summed E-state index contributed by atoms with van der Waals surface area (Å²) in [5, 5.41) is 8.08. The van der Waals surface area contributed by atoms with E-state index in [1.807, 2.05) is 0 Å². The molecule has 0 atom stereocenters. The van der Waals surface area contributed by atoms with E-state index < -0.39 is 0 Å². The molecule has 0 bridgehead atoms. The van der Waals surface area contributed by atoms with Gasteiger partial charge in [0.2, 0.25) is 5.91 Å². The van der Waals surface area contributed by atoms with Crippen LogP contribution in [0.3, 0.4) is 0 Å². The predicted octanol–water partition coefficient (Wildman–Crippen LogP) is 3.63. The van der Waals surface area contributed by atoms with Crippen molar-refractivity contribution in [2.45, 2.75) is 5.16 Å². The largest absolute Gasteiger partial charge is 0.325 e. The molecule has 2 aromatic carbocycles. The number of aromatic nitrogens is 4. The van der Waals surface area contributed by atoms with Gasteiger partial charge in [-0.2, -0.15) is 5.10 Å². The summed E-state index contributed by atoms with van der Waals surface area (Å²) in [4.78, 5) is 31.5. The average molecular weight is 430 g/mol. The van der Waals surface area contributed by atoms with Crippen LogP contribution < -0.4 is 10.9 Å². The lowest BCUT2D eigenvalue weighted by Gasteiger charge is -2.06. The van der Waals surface area contributed by atoms with Crippen LogP contribution in [0.15, 0.2) is 64.7 Å². The van der Waals surface area contributed by atoms with Gasteiger partial charge in [0, 0.05) is 10.7 Å². The van der Waals surface area contributed by atoms with Gasteiger partial charge < -0.3 is 10.3 Å². The topological polar surface area (TPSA) is 92.7 Å². The quantitative estimate of drug-likeness (QED) is 0.373. The summed E-state index contributed by atoms with van der Waals surface area (Å²) in [6.45, 7) is 0. The minimum atomic E-state index is -0.384. The molecule has 4 rings (SSSR count). The highest BCUT2D eigenvalue weighted by atomic mass is 35.5. The highest BCUT2D eigenvalue weighted by Crippen LogP contribution is 2.19. The second-order valence-electron chi connectivity index (χ2n) is 5.98. The Balaban J connectivity index is 1.54. The van der Waals surface area contributed by atoms with Crippen molar-refractivity contribution >= 4 is 46.0 Å². The summed E-state index contributed by atoms with van der Waals surface area (Å²) >= 11 is 6.99. The molecule has 146 valence electrons. The summed E-state index contributed by atoms with van der Waals surface area (Å²) in [6, 6.07) is 12.4. The molecule has 0 aliphatic rings. The summed E-state index contributed by atoms with van der Waals surface area (Å²) in [7, 11) is 0. The Hall–Kier alpha value is -3.17. The molecule has 0 aliphatic heterocycles. The lowest BCUT2D eigenvalue weighted by atomic mass is 10.3. The number of rotatable bonds is 5. The van der Waals surface area contributed by atoms with Crippen LogP contribution in [0, 0.1) is 5.82 Å². The number of H-pyrrole nitrogens is 1. The SMILES string of the molecule is O=C(CSc1nc2c(cnn2-c2ccc(Cl)cc2)c(=O)[nH]1)Nc1ccc(F)cc1. The molecule has 0 spiro atoms. The summed E-state index contributed by atoms with van der Waals surface area (Å²) < 4.78 is 14.5. The molecule has 0 unspecified atom stereocenters. The molecule has 2 aromatic heterocycles. The highest BCUT2D eigenvalue weighted by Gasteiger charge is 2.13. The number of fused-ring (bicyclic) bond motifs is 1. The van der Waals surface area contributed by atoms with Crippen LogP contribution >= 0.6 is 23.4 Å². The van der Waals surface area contributed by atoms with E-state index in [9.17, 15) is 14.0 Å². The zero-order valence-corrected chi connectivity index (χ0v) is 16.3. The van der Waals surface area contributed by atoms with Gasteiger partial charge in [0.15, 0.2) is 10.8 Å². The van der Waals surface area contributed by atoms with Crippen molar-refractivity contribution in [2.24, 2.45) is 0 Å². The monoisotopic (exact) mass is 429 g/mol. The van der Waals surface area contributed by atoms with Crippen LogP contribution in [0.5, 0.6) is 0 Å². The maximum atomic E-state index is 12.9. The highest BCUT2D eigenvalue weighted by molar-refractivity contribution is 7.99. The number of carbonyl (C=O) groups excluding carboxylic acids is 1. The van der Waals surface area contributed by atoms with Gasteiger partial charge in [-0.1, -0.05) is 23.4 Å². The molecule has 2 N–H and O–H groups in total. The van der Waals surface area contributed by atoms with Crippen LogP contribution in [0.4, 0.5) is 10.1 Å². The molecular weight excluding hydrogens is 417 g/mol. The van der Waals surface area contributed by atoms with E-state index >= 15 is 0 Å². The van der Waals surface area contributed by atoms with Gasteiger partial charge in [-0.05, 0) is 48.5 Å². The number of benzene rings is 2. The maximum Gasteiger partial charge on any atom is 0.262 e. The third-order valence-corrected chi connectivity index (χ3v) is 5.08. The van der Waals surface area contributed by atoms with Crippen molar-refractivity contribution in [1.82, 2.24) is 19.7 Å². The number of nitrogens with zero attached hydrogens (tertiary/aromatic N) is 3. The second-order valence-corrected chi connectivity index (χ2v) is 7.39. The van der Waals surface area contributed by atoms with Crippen LogP contribution in [0.2, 0.25) is 5.02 Å². The molecule has 2 heterocycles. The maximum absolute atomic E-state index is 12.9. The second kappa shape index (κ2) is 8.06. The van der Waals surface area contributed by atoms with E-state index in [0.29, 0.717) is 27.4 Å². The molecule has 0 aliphatic carbocycles. The van der Waals surface area contributed by atoms with Gasteiger partial charge >= 0.3 is 0 Å². The minimum Gasteiger partial charge on any atom is -0.325 e. The lowest BCUT2D eigenvalue weighted by molar-refractivity contribution is -0.113. The fourth-order valence-electron chi connectivity index (χ4n) is 2.60. The standard InChI is InChI=1S/C19H13ClFN5O2S/c20-11-1-7-14(8-2-11)26-17-15(9-22-26)18(28)25-19(24-17)29-10-16(27)23-13-5-3-12(21)4-6-13/h1-9H,10H2,(H,23,27)(H,24,25,28).